The van der Waals surface area contributed by atoms with Gasteiger partial charge in [-0.25, -0.2) is 8.78 Å². The third-order valence-corrected chi connectivity index (χ3v) is 2.75. The van der Waals surface area contributed by atoms with Gasteiger partial charge in [-0.2, -0.15) is 0 Å². The Kier molecular flexibility index (Phi) is 3.48. The van der Waals surface area contributed by atoms with Crippen LogP contribution in [0.25, 0.3) is 0 Å². The van der Waals surface area contributed by atoms with Crippen LogP contribution in [-0.2, 0) is 0 Å². The molecule has 0 spiro atoms. The van der Waals surface area contributed by atoms with E-state index in [1.807, 2.05) is 13.8 Å². The summed E-state index contributed by atoms with van der Waals surface area (Å²) < 4.78 is 25.6. The molecule has 0 aromatic carbocycles. The molecule has 2 N–H and O–H groups in total. The lowest BCUT2D eigenvalue weighted by molar-refractivity contribution is -0.102. The number of hydrogen-bond donors (Lipinski definition) is 2. The molecule has 4 heteroatoms. The van der Waals surface area contributed by atoms with E-state index in [2.05, 4.69) is 5.32 Å². The fourth-order valence-corrected chi connectivity index (χ4v) is 1.65. The fourth-order valence-electron chi connectivity index (χ4n) is 1.65. The van der Waals surface area contributed by atoms with Crippen molar-refractivity contribution < 1.29 is 13.9 Å². The molecule has 0 bridgehead atoms. The van der Waals surface area contributed by atoms with Gasteiger partial charge in [0, 0.05) is 25.4 Å². The molecule has 2 nitrogen and oxygen atoms in total. The van der Waals surface area contributed by atoms with Gasteiger partial charge in [-0.15, -0.1) is 0 Å². The Hall–Kier alpha value is -0.220. The summed E-state index contributed by atoms with van der Waals surface area (Å²) in [5, 5.41) is 13.0. The highest BCUT2D eigenvalue weighted by molar-refractivity contribution is 4.90. The average molecular weight is 207 g/mol. The van der Waals surface area contributed by atoms with Crippen molar-refractivity contribution in [2.75, 3.05) is 6.54 Å². The van der Waals surface area contributed by atoms with Crippen molar-refractivity contribution in [3.63, 3.8) is 0 Å². The Balaban J connectivity index is 2.37. The van der Waals surface area contributed by atoms with E-state index in [-0.39, 0.29) is 31.7 Å². The molecular weight excluding hydrogens is 188 g/mol. The quantitative estimate of drug-likeness (QED) is 0.741. The molecule has 1 aliphatic rings. The van der Waals surface area contributed by atoms with E-state index in [9.17, 15) is 13.9 Å². The first-order valence-corrected chi connectivity index (χ1v) is 5.17. The molecular formula is C10H19F2NO. The maximum absolute atomic E-state index is 12.8. The Morgan fingerprint density at radius 3 is 2.14 bits per heavy atom. The summed E-state index contributed by atoms with van der Waals surface area (Å²) in [5.74, 6) is -2.57. The first-order chi connectivity index (χ1) is 6.33. The zero-order valence-electron chi connectivity index (χ0n) is 8.82. The molecule has 0 heterocycles. The molecule has 0 atom stereocenters. The van der Waals surface area contributed by atoms with E-state index in [0.29, 0.717) is 6.54 Å². The molecule has 84 valence electrons. The van der Waals surface area contributed by atoms with Gasteiger partial charge < -0.3 is 10.4 Å². The minimum Gasteiger partial charge on any atom is -0.389 e. The van der Waals surface area contributed by atoms with Crippen LogP contribution in [0.3, 0.4) is 0 Å². The van der Waals surface area contributed by atoms with Crippen molar-refractivity contribution in [1.82, 2.24) is 5.32 Å². The van der Waals surface area contributed by atoms with Gasteiger partial charge in [0.1, 0.15) is 0 Å². The molecule has 1 rings (SSSR count). The van der Waals surface area contributed by atoms with Crippen molar-refractivity contribution in [1.29, 1.82) is 0 Å². The van der Waals surface area contributed by atoms with Gasteiger partial charge in [-0.1, -0.05) is 13.8 Å². The zero-order chi connectivity index (χ0) is 10.8. The van der Waals surface area contributed by atoms with E-state index in [4.69, 9.17) is 0 Å². The molecule has 0 aliphatic heterocycles. The van der Waals surface area contributed by atoms with Crippen molar-refractivity contribution in [3.05, 3.63) is 0 Å². The van der Waals surface area contributed by atoms with Crippen LogP contribution in [0.1, 0.15) is 39.5 Å². The Morgan fingerprint density at radius 1 is 1.21 bits per heavy atom. The van der Waals surface area contributed by atoms with Gasteiger partial charge in [0.2, 0.25) is 5.92 Å². The van der Waals surface area contributed by atoms with Gasteiger partial charge in [-0.3, -0.25) is 0 Å². The number of rotatable bonds is 3. The average Bonchev–Trinajstić information content (AvgIpc) is 2.08. The highest BCUT2D eigenvalue weighted by atomic mass is 19.3. The van der Waals surface area contributed by atoms with E-state index in [1.165, 1.54) is 0 Å². The normalized spacial score (nSPS) is 25.3. The van der Waals surface area contributed by atoms with E-state index < -0.39 is 11.5 Å². The number of alkyl halides is 2. The summed E-state index contributed by atoms with van der Waals surface area (Å²) in [5.41, 5.74) is -0.925. The van der Waals surface area contributed by atoms with Crippen LogP contribution in [0, 0.1) is 0 Å². The topological polar surface area (TPSA) is 32.3 Å². The first kappa shape index (κ1) is 11.9. The number of halogens is 2. The van der Waals surface area contributed by atoms with Crippen LogP contribution in [-0.4, -0.2) is 29.2 Å². The van der Waals surface area contributed by atoms with Crippen LogP contribution in [0.2, 0.25) is 0 Å². The van der Waals surface area contributed by atoms with Crippen LogP contribution >= 0.6 is 0 Å². The summed E-state index contributed by atoms with van der Waals surface area (Å²) in [6.45, 7) is 4.36. The summed E-state index contributed by atoms with van der Waals surface area (Å²) in [6.07, 6.45) is 0.00594. The molecule has 0 radical (unpaired) electrons. The molecule has 0 aromatic rings. The second-order valence-electron chi connectivity index (χ2n) is 4.62. The van der Waals surface area contributed by atoms with Gasteiger partial charge in [0.15, 0.2) is 0 Å². The zero-order valence-corrected chi connectivity index (χ0v) is 8.82. The van der Waals surface area contributed by atoms with E-state index in [1.54, 1.807) is 0 Å². The Morgan fingerprint density at radius 2 is 1.71 bits per heavy atom. The van der Waals surface area contributed by atoms with Crippen LogP contribution < -0.4 is 5.32 Å². The Labute approximate surface area is 83.7 Å². The lowest BCUT2D eigenvalue weighted by atomic mass is 9.82. The lowest BCUT2D eigenvalue weighted by Crippen LogP contribution is -2.47. The smallest absolute Gasteiger partial charge is 0.248 e. The van der Waals surface area contributed by atoms with Gasteiger partial charge in [-0.05, 0) is 12.8 Å². The highest BCUT2D eigenvalue weighted by Gasteiger charge is 2.41. The van der Waals surface area contributed by atoms with Crippen LogP contribution in [0.4, 0.5) is 8.78 Å². The fraction of sp³-hybridized carbons (Fsp3) is 1.00. The molecule has 0 saturated heterocycles. The second kappa shape index (κ2) is 4.11. The molecule has 0 aromatic heterocycles. The standard InChI is InChI=1S/C10H19F2NO/c1-8(2)13-7-9(14)3-5-10(11,12)6-4-9/h8,13-14H,3-7H2,1-2H3. The largest absolute Gasteiger partial charge is 0.389 e. The molecule has 1 saturated carbocycles. The van der Waals surface area contributed by atoms with E-state index in [0.717, 1.165) is 0 Å². The molecule has 0 amide bonds. The van der Waals surface area contributed by atoms with Crippen molar-refractivity contribution in [3.8, 4) is 0 Å². The molecule has 1 fully saturated rings. The van der Waals surface area contributed by atoms with E-state index >= 15 is 0 Å². The summed E-state index contributed by atoms with van der Waals surface area (Å²) in [4.78, 5) is 0. The third-order valence-electron chi connectivity index (χ3n) is 2.75. The highest BCUT2D eigenvalue weighted by Crippen LogP contribution is 2.38. The van der Waals surface area contributed by atoms with Gasteiger partial charge >= 0.3 is 0 Å². The van der Waals surface area contributed by atoms with Crippen molar-refractivity contribution in [2.45, 2.75) is 57.1 Å². The minimum absolute atomic E-state index is 0.191. The third kappa shape index (κ3) is 3.50. The molecule has 0 unspecified atom stereocenters. The predicted molar refractivity (Wildman–Crippen MR) is 51.5 cm³/mol. The SMILES string of the molecule is CC(C)NCC1(O)CCC(F)(F)CC1. The molecule has 14 heavy (non-hydrogen) atoms. The van der Waals surface area contributed by atoms with Gasteiger partial charge in [0.05, 0.1) is 5.60 Å². The maximum Gasteiger partial charge on any atom is 0.248 e. The van der Waals surface area contributed by atoms with Crippen LogP contribution in [0.5, 0.6) is 0 Å². The minimum atomic E-state index is -2.57. The molecule has 1 aliphatic carbocycles. The number of hydrogen-bond acceptors (Lipinski definition) is 2. The summed E-state index contributed by atoms with van der Waals surface area (Å²) in [7, 11) is 0. The number of aliphatic hydroxyl groups is 1. The monoisotopic (exact) mass is 207 g/mol. The second-order valence-corrected chi connectivity index (χ2v) is 4.62. The lowest BCUT2D eigenvalue weighted by Gasteiger charge is -2.36. The summed E-state index contributed by atoms with van der Waals surface area (Å²) >= 11 is 0. The van der Waals surface area contributed by atoms with Crippen molar-refractivity contribution in [2.24, 2.45) is 0 Å². The maximum atomic E-state index is 12.8. The number of nitrogens with one attached hydrogen (secondary N) is 1. The predicted octanol–water partition coefficient (Wildman–Crippen LogP) is 1.92. The van der Waals surface area contributed by atoms with Crippen molar-refractivity contribution >= 4 is 0 Å². The van der Waals surface area contributed by atoms with Crippen LogP contribution in [0.15, 0.2) is 0 Å². The van der Waals surface area contributed by atoms with Gasteiger partial charge in [0.25, 0.3) is 0 Å². The first-order valence-electron chi connectivity index (χ1n) is 5.17. The summed E-state index contributed by atoms with van der Waals surface area (Å²) in [6, 6.07) is 0.279. The Bertz CT molecular complexity index is 179.